The van der Waals surface area contributed by atoms with Crippen molar-refractivity contribution in [1.29, 1.82) is 0 Å². The third-order valence-electron chi connectivity index (χ3n) is 7.30. The highest BCUT2D eigenvalue weighted by molar-refractivity contribution is 7.47. The van der Waals surface area contributed by atoms with E-state index in [0.717, 1.165) is 21.8 Å². The van der Waals surface area contributed by atoms with Gasteiger partial charge in [0.05, 0.1) is 25.9 Å². The van der Waals surface area contributed by atoms with Gasteiger partial charge in [0.2, 0.25) is 11.9 Å². The minimum Gasteiger partial charge on any atom is -0.369 e. The van der Waals surface area contributed by atoms with E-state index in [9.17, 15) is 28.5 Å². The lowest BCUT2D eigenvalue weighted by Crippen LogP contribution is -2.37. The Hall–Kier alpha value is -3.70. The average molecular weight is 694 g/mol. The Morgan fingerprint density at radius 1 is 0.783 bits per heavy atom. The van der Waals surface area contributed by atoms with E-state index in [0.29, 0.717) is 0 Å². The number of hydrogen-bond acceptors (Lipinski definition) is 16. The van der Waals surface area contributed by atoms with Crippen molar-refractivity contribution in [3.63, 3.8) is 0 Å². The molecular formula is C20H22F2N10O12P2. The summed E-state index contributed by atoms with van der Waals surface area (Å²) in [4.78, 5) is 65.3. The molecular weight excluding hydrogens is 672 g/mol. The number of phosphoric ester groups is 2. The van der Waals surface area contributed by atoms with Crippen LogP contribution in [-0.4, -0.2) is 98.8 Å². The van der Waals surface area contributed by atoms with E-state index in [1.165, 1.54) is 0 Å². The fourth-order valence-corrected chi connectivity index (χ4v) is 7.23. The first-order valence-corrected chi connectivity index (χ1v) is 16.1. The number of aromatic amines is 2. The predicted octanol–water partition coefficient (Wildman–Crippen LogP) is -1.09. The van der Waals surface area contributed by atoms with Gasteiger partial charge in [0.25, 0.3) is 11.1 Å². The molecule has 4 aromatic heterocycles. The summed E-state index contributed by atoms with van der Waals surface area (Å²) in [7, 11) is -10.4. The number of rotatable bonds is 2. The monoisotopic (exact) mass is 694 g/mol. The van der Waals surface area contributed by atoms with Gasteiger partial charge in [0.15, 0.2) is 47.1 Å². The molecule has 3 fully saturated rings. The van der Waals surface area contributed by atoms with Crippen LogP contribution in [-0.2, 0) is 36.7 Å². The van der Waals surface area contributed by atoms with Gasteiger partial charge in [-0.25, -0.2) is 27.9 Å². The van der Waals surface area contributed by atoms with Crippen LogP contribution in [0.4, 0.5) is 20.7 Å². The van der Waals surface area contributed by atoms with E-state index in [1.54, 1.807) is 0 Å². The largest absolute Gasteiger partial charge is 0.472 e. The van der Waals surface area contributed by atoms with Crippen LogP contribution in [0.1, 0.15) is 12.5 Å². The maximum Gasteiger partial charge on any atom is 0.472 e. The SMILES string of the molecule is Nc1nc2c(ncn2C2OC3COP(=O)(O)O[C@@H]4C(COP(=O)(O)O[C@H]3[C@H]2F)OC(n2cnc3c(=O)[nH]c(N)nc32)[C@@H]4F)c(=O)[nH]1. The molecule has 7 rings (SSSR count). The number of anilines is 2. The Labute approximate surface area is 251 Å². The number of nitrogens with two attached hydrogens (primary N) is 2. The van der Waals surface area contributed by atoms with Gasteiger partial charge < -0.3 is 30.7 Å². The molecule has 0 saturated carbocycles. The van der Waals surface area contributed by atoms with Gasteiger partial charge >= 0.3 is 15.6 Å². The minimum atomic E-state index is -5.22. The summed E-state index contributed by atoms with van der Waals surface area (Å²) in [5.74, 6) is -0.663. The van der Waals surface area contributed by atoms with Crippen LogP contribution in [0.5, 0.6) is 0 Å². The molecule has 0 spiro atoms. The second-order valence-corrected chi connectivity index (χ2v) is 13.1. The van der Waals surface area contributed by atoms with Gasteiger partial charge in [-0.15, -0.1) is 0 Å². The van der Waals surface area contributed by atoms with Gasteiger partial charge in [-0.3, -0.25) is 46.8 Å². The molecule has 8 N–H and O–H groups in total. The van der Waals surface area contributed by atoms with Crippen molar-refractivity contribution in [2.24, 2.45) is 0 Å². The molecule has 6 unspecified atom stereocenters. The lowest BCUT2D eigenvalue weighted by Gasteiger charge is -2.27. The first kappa shape index (κ1) is 30.9. The maximum atomic E-state index is 15.9. The molecule has 3 saturated heterocycles. The summed E-state index contributed by atoms with van der Waals surface area (Å²) in [6, 6.07) is 0. The highest BCUT2D eigenvalue weighted by Gasteiger charge is 2.55. The zero-order valence-electron chi connectivity index (χ0n) is 22.7. The Balaban J connectivity index is 1.18. The molecule has 46 heavy (non-hydrogen) atoms. The second-order valence-electron chi connectivity index (χ2n) is 10.2. The van der Waals surface area contributed by atoms with Gasteiger partial charge in [-0.1, -0.05) is 0 Å². The average Bonchev–Trinajstić information content (AvgIpc) is 3.72. The molecule has 10 atom stereocenters. The lowest BCUT2D eigenvalue weighted by atomic mass is 10.1. The van der Waals surface area contributed by atoms with E-state index in [1.807, 2.05) is 0 Å². The fourth-order valence-electron chi connectivity index (χ4n) is 5.32. The van der Waals surface area contributed by atoms with Crippen LogP contribution >= 0.6 is 15.6 Å². The molecule has 7 heterocycles. The number of nitrogen functional groups attached to an aromatic ring is 2. The van der Waals surface area contributed by atoms with Crippen LogP contribution in [0.3, 0.4) is 0 Å². The van der Waals surface area contributed by atoms with Crippen molar-refractivity contribution in [2.75, 3.05) is 24.7 Å². The topological polar surface area (TPSA) is 309 Å². The van der Waals surface area contributed by atoms with Crippen molar-refractivity contribution in [2.45, 2.75) is 49.2 Å². The summed E-state index contributed by atoms with van der Waals surface area (Å²) in [5.41, 5.74) is 8.77. The molecule has 0 radical (unpaired) electrons. The smallest absolute Gasteiger partial charge is 0.369 e. The van der Waals surface area contributed by atoms with Crippen LogP contribution < -0.4 is 22.6 Å². The Morgan fingerprint density at radius 2 is 1.17 bits per heavy atom. The Morgan fingerprint density at radius 3 is 1.57 bits per heavy atom. The van der Waals surface area contributed by atoms with E-state index in [4.69, 9.17) is 39.0 Å². The number of ether oxygens (including phenoxy) is 2. The zero-order chi connectivity index (χ0) is 32.7. The first-order chi connectivity index (χ1) is 21.7. The van der Waals surface area contributed by atoms with Crippen molar-refractivity contribution >= 4 is 49.9 Å². The Bertz CT molecular complexity index is 1910. The number of imidazole rings is 2. The van der Waals surface area contributed by atoms with E-state index in [-0.39, 0.29) is 34.2 Å². The second kappa shape index (κ2) is 10.9. The van der Waals surface area contributed by atoms with E-state index >= 15 is 8.78 Å². The molecule has 0 amide bonds. The van der Waals surface area contributed by atoms with Crippen LogP contribution in [0.25, 0.3) is 22.3 Å². The summed E-state index contributed by atoms with van der Waals surface area (Å²) >= 11 is 0. The zero-order valence-corrected chi connectivity index (χ0v) is 24.4. The fraction of sp³-hybridized carbons (Fsp3) is 0.500. The number of aromatic nitrogens is 8. The number of nitrogens with zero attached hydrogens (tertiary/aromatic N) is 6. The van der Waals surface area contributed by atoms with Crippen molar-refractivity contribution in [3.05, 3.63) is 33.4 Å². The third kappa shape index (κ3) is 5.31. The highest BCUT2D eigenvalue weighted by Crippen LogP contribution is 2.54. The maximum absolute atomic E-state index is 15.9. The first-order valence-electron chi connectivity index (χ1n) is 13.1. The number of hydrogen-bond donors (Lipinski definition) is 6. The minimum absolute atomic E-state index is 0.214. The van der Waals surface area contributed by atoms with Crippen LogP contribution in [0, 0.1) is 0 Å². The van der Waals surface area contributed by atoms with E-state index in [2.05, 4.69) is 29.9 Å². The molecule has 22 nitrogen and oxygen atoms in total. The Kier molecular flexibility index (Phi) is 7.36. The van der Waals surface area contributed by atoms with Gasteiger partial charge in [0, 0.05) is 0 Å². The quantitative estimate of drug-likeness (QED) is 0.136. The molecule has 3 aliphatic heterocycles. The molecule has 0 aromatic carbocycles. The van der Waals surface area contributed by atoms with Crippen molar-refractivity contribution in [1.82, 2.24) is 39.0 Å². The van der Waals surface area contributed by atoms with Crippen molar-refractivity contribution < 1.29 is 55.3 Å². The molecule has 248 valence electrons. The number of alkyl halides is 2. The summed E-state index contributed by atoms with van der Waals surface area (Å²) in [6.45, 7) is -1.98. The molecule has 0 bridgehead atoms. The molecule has 4 aromatic rings. The van der Waals surface area contributed by atoms with Gasteiger partial charge in [-0.2, -0.15) is 9.97 Å². The lowest BCUT2D eigenvalue weighted by molar-refractivity contribution is -0.0662. The molecule has 3 aliphatic rings. The molecule has 0 aliphatic carbocycles. The van der Waals surface area contributed by atoms with Gasteiger partial charge in [-0.05, 0) is 0 Å². The van der Waals surface area contributed by atoms with Gasteiger partial charge in [0.1, 0.15) is 24.4 Å². The molecule has 26 heteroatoms. The highest BCUT2D eigenvalue weighted by atomic mass is 31.2. The van der Waals surface area contributed by atoms with Crippen molar-refractivity contribution in [3.8, 4) is 0 Å². The standard InChI is InChI=1S/C20H22F2N10O12P2/c21-7-11-5(41-17(7)31-3-25-9-13(31)27-19(23)29-15(9)33)1-39-45(35,36)44-12-6(2-40-46(37,38)43-11)42-18(8(12)22)32-4-26-10-14(32)28-20(24)30-16(10)34/h3-8,11-12,17-18H,1-2H2,(H,35,36)(H,37,38)(H3,23,27,29,33)(H3,24,28,30,34)/t5?,6?,7-,8-,11-,12-,17?,18?/m1/s1. The normalized spacial score (nSPS) is 37.1. The summed E-state index contributed by atoms with van der Waals surface area (Å²) in [5, 5.41) is 0. The number of nitrogens with one attached hydrogen (secondary N) is 2. The van der Waals surface area contributed by atoms with E-state index < -0.39 is 89.2 Å². The third-order valence-corrected chi connectivity index (χ3v) is 9.27. The number of halogens is 2. The summed E-state index contributed by atoms with van der Waals surface area (Å²) in [6.07, 6.45) is -13.4. The van der Waals surface area contributed by atoms with Crippen LogP contribution in [0.2, 0.25) is 0 Å². The number of H-pyrrole nitrogens is 2. The predicted molar refractivity (Wildman–Crippen MR) is 144 cm³/mol. The van der Waals surface area contributed by atoms with Crippen LogP contribution in [0.15, 0.2) is 22.2 Å². The summed E-state index contributed by atoms with van der Waals surface area (Å²) < 4.78 is 91.0. The number of fused-ring (bicyclic) bond motifs is 4. The number of phosphoric acid groups is 2.